The molecule has 2 amide bonds. The molecule has 1 aliphatic rings. The van der Waals surface area contributed by atoms with Gasteiger partial charge in [0.15, 0.2) is 0 Å². The summed E-state index contributed by atoms with van der Waals surface area (Å²) in [5, 5.41) is 1.85. The average molecular weight is 440 g/mol. The van der Waals surface area contributed by atoms with Crippen LogP contribution in [0.25, 0.3) is 16.3 Å². The molecule has 158 valence electrons. The predicted molar refractivity (Wildman–Crippen MR) is 129 cm³/mol. The molecule has 4 aromatic rings. The fraction of sp³-hybridized carbons (Fsp3) is 0.111. The number of carbonyl (C=O) groups is 2. The lowest BCUT2D eigenvalue weighted by atomic mass is 9.98. The van der Waals surface area contributed by atoms with Crippen molar-refractivity contribution in [3.8, 4) is 0 Å². The average Bonchev–Trinajstić information content (AvgIpc) is 3.39. The highest BCUT2D eigenvalue weighted by molar-refractivity contribution is 8.03. The Labute approximate surface area is 190 Å². The zero-order chi connectivity index (χ0) is 22.2. The van der Waals surface area contributed by atoms with Gasteiger partial charge in [-0.2, -0.15) is 0 Å². The second-order valence-corrected chi connectivity index (χ2v) is 8.82. The van der Waals surface area contributed by atoms with Crippen molar-refractivity contribution in [3.63, 3.8) is 0 Å². The minimum Gasteiger partial charge on any atom is -0.468 e. The molecule has 2 heterocycles. The highest BCUT2D eigenvalue weighted by Crippen LogP contribution is 2.42. The van der Waals surface area contributed by atoms with Crippen molar-refractivity contribution in [1.82, 2.24) is 0 Å². The first-order valence-corrected chi connectivity index (χ1v) is 11.4. The van der Waals surface area contributed by atoms with Crippen molar-refractivity contribution in [2.75, 3.05) is 4.90 Å². The van der Waals surface area contributed by atoms with Crippen molar-refractivity contribution in [2.24, 2.45) is 0 Å². The van der Waals surface area contributed by atoms with Gasteiger partial charge in [-0.05, 0) is 48.6 Å². The first-order chi connectivity index (χ1) is 15.5. The van der Waals surface area contributed by atoms with Gasteiger partial charge >= 0.3 is 0 Å². The topological polar surface area (TPSA) is 50.5 Å². The Kier molecular flexibility index (Phi) is 5.19. The third kappa shape index (κ3) is 3.45. The van der Waals surface area contributed by atoms with Crippen molar-refractivity contribution in [1.29, 1.82) is 0 Å². The Bertz CT molecular complexity index is 1380. The number of imide groups is 1. The third-order valence-electron chi connectivity index (χ3n) is 5.64. The van der Waals surface area contributed by atoms with E-state index < -0.39 is 0 Å². The lowest BCUT2D eigenvalue weighted by molar-refractivity contribution is -0.119. The molecule has 5 heteroatoms. The van der Waals surface area contributed by atoms with Crippen LogP contribution in [0.2, 0.25) is 0 Å². The number of aryl methyl sites for hydroxylation is 2. The van der Waals surface area contributed by atoms with Gasteiger partial charge in [-0.15, -0.1) is 11.8 Å². The van der Waals surface area contributed by atoms with Gasteiger partial charge in [-0.1, -0.05) is 60.2 Å². The smallest absolute Gasteiger partial charge is 0.272 e. The zero-order valence-electron chi connectivity index (χ0n) is 17.8. The van der Waals surface area contributed by atoms with Crippen molar-refractivity contribution in [3.05, 3.63) is 106 Å². The Balaban J connectivity index is 1.64. The molecule has 0 atom stereocenters. The van der Waals surface area contributed by atoms with E-state index in [2.05, 4.69) is 0 Å². The van der Waals surface area contributed by atoms with Crippen LogP contribution >= 0.6 is 11.8 Å². The molecule has 0 unspecified atom stereocenters. The number of hydrogen-bond donors (Lipinski definition) is 0. The number of rotatable bonds is 5. The zero-order valence-corrected chi connectivity index (χ0v) is 18.6. The van der Waals surface area contributed by atoms with Crippen LogP contribution < -0.4 is 4.90 Å². The van der Waals surface area contributed by atoms with Crippen molar-refractivity contribution < 1.29 is 14.0 Å². The molecule has 4 nitrogen and oxygen atoms in total. The monoisotopic (exact) mass is 439 g/mol. The Morgan fingerprint density at radius 1 is 0.875 bits per heavy atom. The summed E-state index contributed by atoms with van der Waals surface area (Å²) < 4.78 is 5.45. The second-order valence-electron chi connectivity index (χ2n) is 7.83. The molecule has 0 saturated heterocycles. The van der Waals surface area contributed by atoms with Crippen LogP contribution in [0.15, 0.2) is 88.4 Å². The quantitative estimate of drug-likeness (QED) is 0.344. The van der Waals surface area contributed by atoms with Crippen LogP contribution in [-0.2, 0) is 15.3 Å². The number of hydrogen-bond acceptors (Lipinski definition) is 4. The fourth-order valence-corrected chi connectivity index (χ4v) is 5.14. The molecule has 0 saturated carbocycles. The standard InChI is InChI=1S/C27H21NO3S/c1-17-12-13-21(18(2)15-17)24-25(32-16-20-9-6-14-31-20)27(30)28(26(24)29)23-11-5-8-19-7-3-4-10-22(19)23/h3-15H,16H2,1-2H3. The van der Waals surface area contributed by atoms with E-state index in [1.54, 1.807) is 6.26 Å². The largest absolute Gasteiger partial charge is 0.468 e. The number of benzene rings is 3. The highest BCUT2D eigenvalue weighted by Gasteiger charge is 2.41. The van der Waals surface area contributed by atoms with E-state index in [0.717, 1.165) is 33.2 Å². The second kappa shape index (κ2) is 8.17. The summed E-state index contributed by atoms with van der Waals surface area (Å²) in [5.74, 6) is 0.642. The molecule has 0 N–H and O–H groups in total. The van der Waals surface area contributed by atoms with E-state index in [1.807, 2.05) is 86.6 Å². The van der Waals surface area contributed by atoms with E-state index >= 15 is 0 Å². The Morgan fingerprint density at radius 3 is 2.47 bits per heavy atom. The fourth-order valence-electron chi connectivity index (χ4n) is 4.14. The van der Waals surface area contributed by atoms with Crippen LogP contribution in [-0.4, -0.2) is 11.8 Å². The molecular formula is C27H21NO3S. The molecule has 0 aliphatic carbocycles. The van der Waals surface area contributed by atoms with Gasteiger partial charge in [0.05, 0.1) is 28.2 Å². The lowest BCUT2D eigenvalue weighted by Gasteiger charge is -2.18. The molecule has 1 aliphatic heterocycles. The minimum atomic E-state index is -0.294. The van der Waals surface area contributed by atoms with Crippen LogP contribution in [0.1, 0.15) is 22.5 Å². The Hall–Kier alpha value is -3.57. The van der Waals surface area contributed by atoms with Gasteiger partial charge in [0.25, 0.3) is 11.8 Å². The number of fused-ring (bicyclic) bond motifs is 1. The van der Waals surface area contributed by atoms with E-state index in [-0.39, 0.29) is 11.8 Å². The number of amides is 2. The number of furan rings is 1. The van der Waals surface area contributed by atoms with Crippen LogP contribution in [0.4, 0.5) is 5.69 Å². The van der Waals surface area contributed by atoms with Crippen LogP contribution in [0.3, 0.4) is 0 Å². The van der Waals surface area contributed by atoms with E-state index in [4.69, 9.17) is 4.42 Å². The number of nitrogens with zero attached hydrogens (tertiary/aromatic N) is 1. The summed E-state index contributed by atoms with van der Waals surface area (Å²) in [4.78, 5) is 29.2. The minimum absolute atomic E-state index is 0.291. The number of carbonyl (C=O) groups excluding carboxylic acids is 2. The third-order valence-corrected chi connectivity index (χ3v) is 6.74. The maximum atomic E-state index is 13.8. The molecule has 3 aromatic carbocycles. The van der Waals surface area contributed by atoms with Gasteiger partial charge in [0, 0.05) is 5.39 Å². The molecular weight excluding hydrogens is 418 g/mol. The first-order valence-electron chi connectivity index (χ1n) is 10.4. The summed E-state index contributed by atoms with van der Waals surface area (Å²) in [6, 6.07) is 23.1. The maximum Gasteiger partial charge on any atom is 0.272 e. The van der Waals surface area contributed by atoms with Crippen LogP contribution in [0.5, 0.6) is 0 Å². The van der Waals surface area contributed by atoms with E-state index in [9.17, 15) is 9.59 Å². The van der Waals surface area contributed by atoms with Crippen LogP contribution in [0, 0.1) is 13.8 Å². The van der Waals surface area contributed by atoms with E-state index in [0.29, 0.717) is 21.9 Å². The molecule has 0 radical (unpaired) electrons. The number of thioether (sulfide) groups is 1. The van der Waals surface area contributed by atoms with Gasteiger partial charge in [0.2, 0.25) is 0 Å². The molecule has 1 aromatic heterocycles. The molecule has 32 heavy (non-hydrogen) atoms. The van der Waals surface area contributed by atoms with Gasteiger partial charge < -0.3 is 4.42 Å². The first kappa shape index (κ1) is 20.3. The molecule has 0 spiro atoms. The van der Waals surface area contributed by atoms with Gasteiger partial charge in [0.1, 0.15) is 5.76 Å². The molecule has 5 rings (SSSR count). The molecule has 0 bridgehead atoms. The highest BCUT2D eigenvalue weighted by atomic mass is 32.2. The summed E-state index contributed by atoms with van der Waals surface area (Å²) in [6.45, 7) is 3.99. The summed E-state index contributed by atoms with van der Waals surface area (Å²) >= 11 is 1.35. The van der Waals surface area contributed by atoms with Crippen molar-refractivity contribution >= 4 is 45.6 Å². The normalized spacial score (nSPS) is 14.1. The summed E-state index contributed by atoms with van der Waals surface area (Å²) in [5.41, 5.74) is 3.93. The predicted octanol–water partition coefficient (Wildman–Crippen LogP) is 6.27. The van der Waals surface area contributed by atoms with Gasteiger partial charge in [-0.3, -0.25) is 9.59 Å². The Morgan fingerprint density at radius 2 is 1.69 bits per heavy atom. The van der Waals surface area contributed by atoms with E-state index in [1.165, 1.54) is 16.7 Å². The summed E-state index contributed by atoms with van der Waals surface area (Å²) in [6.07, 6.45) is 1.61. The lowest BCUT2D eigenvalue weighted by Crippen LogP contribution is -2.31. The SMILES string of the molecule is Cc1ccc(C2=C(SCc3ccco3)C(=O)N(c3cccc4ccccc34)C2=O)c(C)c1. The van der Waals surface area contributed by atoms with Crippen molar-refractivity contribution in [2.45, 2.75) is 19.6 Å². The molecule has 0 fully saturated rings. The van der Waals surface area contributed by atoms with Gasteiger partial charge in [-0.25, -0.2) is 4.90 Å². The summed E-state index contributed by atoms with van der Waals surface area (Å²) in [7, 11) is 0. The number of anilines is 1. The maximum absolute atomic E-state index is 13.8.